The number of phenols is 1. The number of aldehydes is 1. The number of nitrogens with two attached hydrogens (primary N) is 1. The van der Waals surface area contributed by atoms with Crippen molar-refractivity contribution in [1.82, 2.24) is 4.90 Å². The van der Waals surface area contributed by atoms with Crippen molar-refractivity contribution in [2.24, 2.45) is 17.6 Å². The van der Waals surface area contributed by atoms with E-state index < -0.39 is 75.6 Å². The van der Waals surface area contributed by atoms with Gasteiger partial charge in [-0.05, 0) is 48.8 Å². The van der Waals surface area contributed by atoms with E-state index in [-0.39, 0.29) is 11.3 Å². The molecule has 5 rings (SSSR count). The van der Waals surface area contributed by atoms with Crippen molar-refractivity contribution in [3.05, 3.63) is 70.0 Å². The smallest absolute Gasteiger partial charge is 0.255 e. The number of hydrogen-bond acceptors (Lipinski definition) is 10. The number of hydrogen-bond donors (Lipinski definition) is 6. The van der Waals surface area contributed by atoms with E-state index in [2.05, 4.69) is 0 Å². The van der Waals surface area contributed by atoms with Crippen LogP contribution < -0.4 is 5.73 Å². The third-order valence-electron chi connectivity index (χ3n) is 8.44. The molecule has 0 spiro atoms. The van der Waals surface area contributed by atoms with Crippen molar-refractivity contribution in [2.45, 2.75) is 30.6 Å². The third kappa shape index (κ3) is 3.41. The Kier molecular flexibility index (Phi) is 6.21. The average molecular weight is 549 g/mol. The fourth-order valence-corrected chi connectivity index (χ4v) is 6.73. The summed E-state index contributed by atoms with van der Waals surface area (Å²) in [6.07, 6.45) is -1.03. The highest BCUT2D eigenvalue weighted by atomic mass is 16.4. The van der Waals surface area contributed by atoms with Crippen LogP contribution >= 0.6 is 0 Å². The molecule has 0 heterocycles. The third-order valence-corrected chi connectivity index (χ3v) is 8.44. The first-order valence-corrected chi connectivity index (χ1v) is 12.5. The molecule has 40 heavy (non-hydrogen) atoms. The summed E-state index contributed by atoms with van der Waals surface area (Å²) < 4.78 is 0. The van der Waals surface area contributed by atoms with Crippen molar-refractivity contribution in [3.8, 4) is 16.9 Å². The largest absolute Gasteiger partial charge is 0.508 e. The van der Waals surface area contributed by atoms with Crippen molar-refractivity contribution < 1.29 is 44.7 Å². The summed E-state index contributed by atoms with van der Waals surface area (Å²) in [6, 6.07) is 8.05. The molecule has 11 heteroatoms. The zero-order valence-electron chi connectivity index (χ0n) is 21.8. The molecule has 1 saturated carbocycles. The van der Waals surface area contributed by atoms with Gasteiger partial charge in [-0.1, -0.05) is 31.2 Å². The summed E-state index contributed by atoms with van der Waals surface area (Å²) in [6.45, 7) is 1.66. The molecule has 0 saturated heterocycles. The lowest BCUT2D eigenvalue weighted by atomic mass is 9.54. The summed E-state index contributed by atoms with van der Waals surface area (Å²) in [5.41, 5.74) is 2.62. The van der Waals surface area contributed by atoms with Crippen LogP contribution in [0.5, 0.6) is 5.75 Å². The number of Topliss-reactive ketones (excluding diaryl/α,β-unsaturated/α-hetero) is 2. The molecule has 0 aromatic heterocycles. The van der Waals surface area contributed by atoms with Gasteiger partial charge in [-0.3, -0.25) is 24.1 Å². The van der Waals surface area contributed by atoms with Gasteiger partial charge in [0.2, 0.25) is 5.78 Å². The zero-order chi connectivity index (χ0) is 29.4. The first-order valence-electron chi connectivity index (χ1n) is 12.5. The van der Waals surface area contributed by atoms with Crippen molar-refractivity contribution in [3.63, 3.8) is 0 Å². The number of benzene rings is 2. The van der Waals surface area contributed by atoms with E-state index >= 15 is 0 Å². The number of carbonyl (C=O) groups excluding carboxylic acids is 4. The molecule has 0 aliphatic heterocycles. The Morgan fingerprint density at radius 3 is 2.38 bits per heavy atom. The van der Waals surface area contributed by atoms with Gasteiger partial charge in [-0.15, -0.1) is 0 Å². The minimum absolute atomic E-state index is 0.120. The highest BCUT2D eigenvalue weighted by Crippen LogP contribution is 2.57. The van der Waals surface area contributed by atoms with Crippen LogP contribution in [0.3, 0.4) is 0 Å². The van der Waals surface area contributed by atoms with Gasteiger partial charge in [0.05, 0.1) is 23.6 Å². The molecule has 2 aromatic carbocycles. The lowest BCUT2D eigenvalue weighted by Crippen LogP contribution is -2.70. The van der Waals surface area contributed by atoms with Crippen molar-refractivity contribution >= 4 is 29.5 Å². The van der Waals surface area contributed by atoms with Crippen LogP contribution in [0.15, 0.2) is 53.3 Å². The Balaban J connectivity index is 1.82. The van der Waals surface area contributed by atoms with Gasteiger partial charge in [-0.2, -0.15) is 0 Å². The number of nitrogens with zero attached hydrogens (tertiary/aromatic N) is 1. The number of ketones is 2. The molecule has 7 N–H and O–H groups in total. The molecular formula is C29H28N2O9. The lowest BCUT2D eigenvalue weighted by Gasteiger charge is -2.53. The van der Waals surface area contributed by atoms with E-state index in [1.54, 1.807) is 37.3 Å². The topological polar surface area (TPSA) is 199 Å². The fraction of sp³-hybridized carbons (Fsp3) is 0.310. The molecule has 208 valence electrons. The van der Waals surface area contributed by atoms with Crippen LogP contribution in [-0.2, 0) is 14.4 Å². The Morgan fingerprint density at radius 2 is 1.77 bits per heavy atom. The normalized spacial score (nSPS) is 29.7. The van der Waals surface area contributed by atoms with E-state index in [4.69, 9.17) is 5.73 Å². The van der Waals surface area contributed by atoms with Gasteiger partial charge < -0.3 is 31.3 Å². The number of amides is 1. The second-order valence-electron chi connectivity index (χ2n) is 10.7. The number of rotatable bonds is 4. The minimum atomic E-state index is -2.98. The van der Waals surface area contributed by atoms with E-state index in [1.807, 2.05) is 0 Å². The summed E-state index contributed by atoms with van der Waals surface area (Å²) in [4.78, 5) is 52.2. The predicted octanol–water partition coefficient (Wildman–Crippen LogP) is 0.975. The molecular weight excluding hydrogens is 520 g/mol. The monoisotopic (exact) mass is 548 g/mol. The number of aliphatic hydroxyl groups is 4. The van der Waals surface area contributed by atoms with Gasteiger partial charge in [0.15, 0.2) is 11.4 Å². The second-order valence-corrected chi connectivity index (χ2v) is 10.7. The Hall–Kier alpha value is -4.32. The first kappa shape index (κ1) is 27.3. The number of aromatic hydroxyl groups is 1. The SMILES string of the molecule is C[C@@H]1c2c(-c3cccc(C=O)c3)ccc(O)c2C(O)=C2C(=O)[C@@]3(O)C(O)=C(C(N)=O)C(=O)[C@H](N(C)C)[C@H]3[C@H](O)[C@H]21. The van der Waals surface area contributed by atoms with E-state index in [0.29, 0.717) is 28.5 Å². The Bertz CT molecular complexity index is 1570. The maximum Gasteiger partial charge on any atom is 0.255 e. The number of phenolic OH excluding ortho intramolecular Hbond substituents is 1. The highest BCUT2D eigenvalue weighted by Gasteiger charge is 2.68. The van der Waals surface area contributed by atoms with Crippen LogP contribution in [0, 0.1) is 11.8 Å². The zero-order valence-corrected chi connectivity index (χ0v) is 21.8. The molecule has 1 amide bonds. The summed E-state index contributed by atoms with van der Waals surface area (Å²) in [5.74, 6) is -9.61. The Morgan fingerprint density at radius 1 is 1.10 bits per heavy atom. The first-order chi connectivity index (χ1) is 18.8. The molecule has 6 atom stereocenters. The highest BCUT2D eigenvalue weighted by molar-refractivity contribution is 6.24. The lowest BCUT2D eigenvalue weighted by molar-refractivity contribution is -0.169. The van der Waals surface area contributed by atoms with Crippen LogP contribution in [0.2, 0.25) is 0 Å². The van der Waals surface area contributed by atoms with Gasteiger partial charge in [-0.25, -0.2) is 0 Å². The van der Waals surface area contributed by atoms with Crippen molar-refractivity contribution in [2.75, 3.05) is 14.1 Å². The van der Waals surface area contributed by atoms with Crippen LogP contribution in [-0.4, -0.2) is 86.0 Å². The Labute approximate surface area is 228 Å². The number of primary amides is 1. The van der Waals surface area contributed by atoms with Crippen LogP contribution in [0.4, 0.5) is 0 Å². The number of carbonyl (C=O) groups is 4. The maximum absolute atomic E-state index is 14.1. The van der Waals surface area contributed by atoms with Gasteiger partial charge in [0.25, 0.3) is 5.91 Å². The van der Waals surface area contributed by atoms with E-state index in [1.165, 1.54) is 25.1 Å². The molecule has 11 nitrogen and oxygen atoms in total. The van der Waals surface area contributed by atoms with Crippen LogP contribution in [0.1, 0.15) is 34.3 Å². The quantitative estimate of drug-likeness (QED) is 0.236. The van der Waals surface area contributed by atoms with E-state index in [0.717, 1.165) is 0 Å². The average Bonchev–Trinajstić information content (AvgIpc) is 2.90. The van der Waals surface area contributed by atoms with Gasteiger partial charge in [0.1, 0.15) is 29.1 Å². The van der Waals surface area contributed by atoms with Gasteiger partial charge in [0, 0.05) is 17.1 Å². The molecule has 0 radical (unpaired) electrons. The van der Waals surface area contributed by atoms with Crippen LogP contribution in [0.25, 0.3) is 16.9 Å². The molecule has 3 aliphatic rings. The summed E-state index contributed by atoms with van der Waals surface area (Å²) in [5, 5.41) is 56.8. The van der Waals surface area contributed by atoms with Crippen molar-refractivity contribution in [1.29, 1.82) is 0 Å². The summed E-state index contributed by atoms with van der Waals surface area (Å²) in [7, 11) is 2.89. The molecule has 1 fully saturated rings. The molecule has 0 bridgehead atoms. The number of aliphatic hydroxyl groups excluding tert-OH is 3. The molecule has 3 aliphatic carbocycles. The maximum atomic E-state index is 14.1. The minimum Gasteiger partial charge on any atom is -0.508 e. The fourth-order valence-electron chi connectivity index (χ4n) is 6.73. The summed E-state index contributed by atoms with van der Waals surface area (Å²) >= 11 is 0. The van der Waals surface area contributed by atoms with E-state index in [9.17, 15) is 44.7 Å². The predicted molar refractivity (Wildman–Crippen MR) is 141 cm³/mol. The van der Waals surface area contributed by atoms with Gasteiger partial charge >= 0.3 is 0 Å². The second kappa shape index (κ2) is 9.12. The molecule has 0 unspecified atom stereocenters. The molecule has 2 aromatic rings. The standard InChI is InChI=1S/C29H28N2O9/c1-11-16-14(13-6-4-5-12(9-13)10-32)7-8-15(33)18(16)23(34)19-17(11)24(35)21-22(31(2)3)25(36)20(28(30)39)27(38)29(21,40)26(19)37/h4-11,17,21-22,24,33-35,38,40H,1-3H3,(H2,30,39)/t11-,17+,21+,22-,24-,29-/m1/s1. The number of likely N-dealkylation sites (N-methyl/N-ethyl adjacent to an activating group) is 1. The number of fused-ring (bicyclic) bond motifs is 3.